The zero-order valence-corrected chi connectivity index (χ0v) is 20.0. The molecule has 0 bridgehead atoms. The summed E-state index contributed by atoms with van der Waals surface area (Å²) in [6.07, 6.45) is 4.41. The summed E-state index contributed by atoms with van der Waals surface area (Å²) in [6.45, 7) is 6.38. The monoisotopic (exact) mass is 486 g/mol. The minimum atomic E-state index is -0.456. The van der Waals surface area contributed by atoms with Crippen LogP contribution in [0, 0.1) is 10.1 Å². The molecule has 1 amide bonds. The molecule has 34 heavy (non-hydrogen) atoms. The van der Waals surface area contributed by atoms with Crippen LogP contribution in [0.1, 0.15) is 25.7 Å². The number of piperidine rings is 1. The highest BCUT2D eigenvalue weighted by atomic mass is 35.5. The van der Waals surface area contributed by atoms with Gasteiger partial charge < -0.3 is 15.1 Å². The maximum absolute atomic E-state index is 12.7. The molecular formula is C24H31ClN6O3. The molecule has 182 valence electrons. The Labute approximate surface area is 204 Å². The quantitative estimate of drug-likeness (QED) is 0.449. The fourth-order valence-corrected chi connectivity index (χ4v) is 4.68. The summed E-state index contributed by atoms with van der Waals surface area (Å²) < 4.78 is 0. The average Bonchev–Trinajstić information content (AvgIpc) is 2.86. The molecule has 0 spiro atoms. The smallest absolute Gasteiger partial charge is 0.287 e. The number of pyridine rings is 1. The summed E-state index contributed by atoms with van der Waals surface area (Å²) in [5.41, 5.74) is 1.19. The van der Waals surface area contributed by atoms with Crippen molar-refractivity contribution < 1.29 is 9.72 Å². The Morgan fingerprint density at radius 2 is 1.76 bits per heavy atom. The number of carbonyl (C=O) groups is 1. The van der Waals surface area contributed by atoms with Crippen molar-refractivity contribution in [3.05, 3.63) is 57.7 Å². The second kappa shape index (κ2) is 11.5. The molecule has 4 rings (SSSR count). The van der Waals surface area contributed by atoms with E-state index in [4.69, 9.17) is 11.6 Å². The molecule has 0 aliphatic carbocycles. The minimum Gasteiger partial charge on any atom is -0.369 e. The number of benzene rings is 1. The molecule has 0 unspecified atom stereocenters. The van der Waals surface area contributed by atoms with Gasteiger partial charge in [0.15, 0.2) is 0 Å². The van der Waals surface area contributed by atoms with Gasteiger partial charge in [0.05, 0.1) is 4.92 Å². The standard InChI is InChI=1S/C24H31ClN6O3/c25-19-3-5-21(6-4-19)29-16-14-28(15-17-29)11-1-2-24(32)30-12-9-20(10-13-30)27-23-8-7-22(18-26-23)31(33)34/h3-8,18,20H,1-2,9-17H2,(H,26,27). The topological polar surface area (TPSA) is 94.9 Å². The molecule has 1 aromatic heterocycles. The van der Waals surface area contributed by atoms with Crippen molar-refractivity contribution in [2.45, 2.75) is 31.7 Å². The first-order valence-corrected chi connectivity index (χ1v) is 12.2. The number of nitrogens with zero attached hydrogens (tertiary/aromatic N) is 5. The summed E-state index contributed by atoms with van der Waals surface area (Å²) in [7, 11) is 0. The largest absolute Gasteiger partial charge is 0.369 e. The van der Waals surface area contributed by atoms with Crippen LogP contribution in [-0.4, -0.2) is 77.5 Å². The predicted octanol–water partition coefficient (Wildman–Crippen LogP) is 3.65. The molecule has 2 fully saturated rings. The SMILES string of the molecule is O=C(CCCN1CCN(c2ccc(Cl)cc2)CC1)N1CCC(Nc2ccc([N+](=O)[O-])cn2)CC1. The predicted molar refractivity (Wildman–Crippen MR) is 133 cm³/mol. The second-order valence-corrected chi connectivity index (χ2v) is 9.30. The Kier molecular flexibility index (Phi) is 8.18. The fourth-order valence-electron chi connectivity index (χ4n) is 4.56. The van der Waals surface area contributed by atoms with Gasteiger partial charge in [-0.1, -0.05) is 11.6 Å². The highest BCUT2D eigenvalue weighted by Gasteiger charge is 2.23. The number of aromatic nitrogens is 1. The lowest BCUT2D eigenvalue weighted by atomic mass is 10.0. The normalized spacial score (nSPS) is 17.6. The van der Waals surface area contributed by atoms with E-state index in [0.29, 0.717) is 12.2 Å². The van der Waals surface area contributed by atoms with E-state index in [0.717, 1.165) is 70.1 Å². The van der Waals surface area contributed by atoms with Gasteiger partial charge in [0.25, 0.3) is 5.69 Å². The summed E-state index contributed by atoms with van der Waals surface area (Å²) in [4.78, 5) is 33.8. The fraction of sp³-hybridized carbons (Fsp3) is 0.500. The number of nitro groups is 1. The number of anilines is 2. The number of piperazine rings is 1. The second-order valence-electron chi connectivity index (χ2n) is 8.87. The third-order valence-electron chi connectivity index (χ3n) is 6.59. The van der Waals surface area contributed by atoms with Crippen LogP contribution >= 0.6 is 11.6 Å². The van der Waals surface area contributed by atoms with Crippen LogP contribution in [0.5, 0.6) is 0 Å². The van der Waals surface area contributed by atoms with Crippen molar-refractivity contribution in [2.75, 3.05) is 56.0 Å². The highest BCUT2D eigenvalue weighted by Crippen LogP contribution is 2.20. The Balaban J connectivity index is 1.11. The van der Waals surface area contributed by atoms with E-state index in [1.807, 2.05) is 17.0 Å². The molecule has 9 nitrogen and oxygen atoms in total. The van der Waals surface area contributed by atoms with Crippen molar-refractivity contribution in [3.8, 4) is 0 Å². The van der Waals surface area contributed by atoms with Crippen LogP contribution in [0.15, 0.2) is 42.6 Å². The van der Waals surface area contributed by atoms with Gasteiger partial charge in [0.2, 0.25) is 5.91 Å². The van der Waals surface area contributed by atoms with E-state index in [1.165, 1.54) is 18.0 Å². The van der Waals surface area contributed by atoms with Crippen LogP contribution < -0.4 is 10.2 Å². The van der Waals surface area contributed by atoms with Gasteiger partial charge in [-0.25, -0.2) is 4.98 Å². The number of hydrogen-bond donors (Lipinski definition) is 1. The van der Waals surface area contributed by atoms with E-state index in [-0.39, 0.29) is 17.6 Å². The molecule has 2 aromatic rings. The van der Waals surface area contributed by atoms with Gasteiger partial charge in [-0.2, -0.15) is 0 Å². The number of carbonyl (C=O) groups excluding carboxylic acids is 1. The molecule has 3 heterocycles. The van der Waals surface area contributed by atoms with E-state index < -0.39 is 4.92 Å². The first-order chi connectivity index (χ1) is 16.5. The van der Waals surface area contributed by atoms with E-state index in [1.54, 1.807) is 6.07 Å². The van der Waals surface area contributed by atoms with Crippen LogP contribution in [0.25, 0.3) is 0 Å². The summed E-state index contributed by atoms with van der Waals surface area (Å²) >= 11 is 5.98. The van der Waals surface area contributed by atoms with Gasteiger partial charge in [-0.3, -0.25) is 19.8 Å². The third kappa shape index (κ3) is 6.57. The molecule has 0 radical (unpaired) electrons. The van der Waals surface area contributed by atoms with Crippen molar-refractivity contribution in [2.24, 2.45) is 0 Å². The lowest BCUT2D eigenvalue weighted by molar-refractivity contribution is -0.385. The van der Waals surface area contributed by atoms with E-state index in [9.17, 15) is 14.9 Å². The summed E-state index contributed by atoms with van der Waals surface area (Å²) in [5.74, 6) is 0.859. The molecule has 2 aliphatic heterocycles. The molecule has 0 atom stereocenters. The van der Waals surface area contributed by atoms with Crippen molar-refractivity contribution in [3.63, 3.8) is 0 Å². The Morgan fingerprint density at radius 3 is 2.38 bits per heavy atom. The van der Waals surface area contributed by atoms with Gasteiger partial charge in [0.1, 0.15) is 12.0 Å². The van der Waals surface area contributed by atoms with Crippen molar-refractivity contribution >= 4 is 34.7 Å². The number of nitrogens with one attached hydrogen (secondary N) is 1. The van der Waals surface area contributed by atoms with Gasteiger partial charge >= 0.3 is 0 Å². The summed E-state index contributed by atoms with van der Waals surface area (Å²) in [5, 5.41) is 14.8. The average molecular weight is 487 g/mol. The molecule has 1 aromatic carbocycles. The Hall–Kier alpha value is -2.91. The highest BCUT2D eigenvalue weighted by molar-refractivity contribution is 6.30. The number of amides is 1. The zero-order valence-electron chi connectivity index (χ0n) is 19.2. The molecule has 2 aliphatic rings. The van der Waals surface area contributed by atoms with Crippen LogP contribution in [0.2, 0.25) is 5.02 Å². The lowest BCUT2D eigenvalue weighted by Gasteiger charge is -2.36. The molecular weight excluding hydrogens is 456 g/mol. The number of halogens is 1. The van der Waals surface area contributed by atoms with E-state index in [2.05, 4.69) is 32.2 Å². The first kappa shape index (κ1) is 24.2. The lowest BCUT2D eigenvalue weighted by Crippen LogP contribution is -2.47. The Morgan fingerprint density at radius 1 is 1.06 bits per heavy atom. The van der Waals surface area contributed by atoms with Crippen LogP contribution in [-0.2, 0) is 4.79 Å². The minimum absolute atomic E-state index is 0.0191. The van der Waals surface area contributed by atoms with Gasteiger partial charge in [-0.05, 0) is 56.1 Å². The Bertz CT molecular complexity index is 956. The van der Waals surface area contributed by atoms with E-state index >= 15 is 0 Å². The molecule has 2 saturated heterocycles. The zero-order chi connectivity index (χ0) is 23.9. The first-order valence-electron chi connectivity index (χ1n) is 11.9. The van der Waals surface area contributed by atoms with Gasteiger partial charge in [-0.15, -0.1) is 0 Å². The maximum atomic E-state index is 12.7. The number of likely N-dealkylation sites (tertiary alicyclic amines) is 1. The van der Waals surface area contributed by atoms with Crippen molar-refractivity contribution in [1.82, 2.24) is 14.8 Å². The molecule has 10 heteroatoms. The van der Waals surface area contributed by atoms with Crippen LogP contribution in [0.4, 0.5) is 17.2 Å². The number of rotatable bonds is 8. The third-order valence-corrected chi connectivity index (χ3v) is 6.84. The van der Waals surface area contributed by atoms with Crippen molar-refractivity contribution in [1.29, 1.82) is 0 Å². The summed E-state index contributed by atoms with van der Waals surface area (Å²) in [6, 6.07) is 11.3. The van der Waals surface area contributed by atoms with Crippen LogP contribution in [0.3, 0.4) is 0 Å². The maximum Gasteiger partial charge on any atom is 0.287 e. The number of hydrogen-bond acceptors (Lipinski definition) is 7. The molecule has 1 N–H and O–H groups in total. The molecule has 0 saturated carbocycles. The van der Waals surface area contributed by atoms with Gasteiger partial charge in [0, 0.05) is 68.5 Å².